The van der Waals surface area contributed by atoms with Crippen LogP contribution in [0.25, 0.3) is 0 Å². The third kappa shape index (κ3) is 4.02. The number of piperidine rings is 1. The fourth-order valence-corrected chi connectivity index (χ4v) is 5.52. The Kier molecular flexibility index (Phi) is 5.69. The summed E-state index contributed by atoms with van der Waals surface area (Å²) >= 11 is 0. The van der Waals surface area contributed by atoms with Crippen LogP contribution in [0.5, 0.6) is 17.2 Å². The van der Waals surface area contributed by atoms with Gasteiger partial charge in [-0.1, -0.05) is 18.9 Å². The lowest BCUT2D eigenvalue weighted by Gasteiger charge is -2.52. The maximum atomic E-state index is 12.9. The fraction of sp³-hybridized carbons (Fsp3) is 0.480. The number of nitrogens with one attached hydrogen (secondary N) is 1. The highest BCUT2D eigenvalue weighted by Crippen LogP contribution is 2.50. The summed E-state index contributed by atoms with van der Waals surface area (Å²) in [5.41, 5.74) is 1.13. The van der Waals surface area contributed by atoms with Crippen molar-refractivity contribution in [1.82, 2.24) is 4.90 Å². The Hall–Kier alpha value is -2.77. The number of hydrogen-bond donors (Lipinski definition) is 2. The van der Waals surface area contributed by atoms with Crippen LogP contribution in [0.15, 0.2) is 42.5 Å². The molecule has 2 fully saturated rings. The number of methoxy groups -OCH3 is 1. The second kappa shape index (κ2) is 8.64. The van der Waals surface area contributed by atoms with Crippen LogP contribution in [0.4, 0.5) is 5.69 Å². The quantitative estimate of drug-likeness (QED) is 0.741. The largest absolute Gasteiger partial charge is 0.497 e. The second-order valence-electron chi connectivity index (χ2n) is 9.01. The Bertz CT molecular complexity index is 979. The number of likely N-dealkylation sites (tertiary alicyclic amines) is 1. The topological polar surface area (TPSA) is 80.3 Å². The SMILES string of the molecule is COc1ccc(NC(=O)CN2CCC3(O)CCCCC3[C@@H]2c2ccc3c(c2)OCO3)cc1. The van der Waals surface area contributed by atoms with Crippen LogP contribution >= 0.6 is 0 Å². The van der Waals surface area contributed by atoms with Gasteiger partial charge in [-0.2, -0.15) is 0 Å². The van der Waals surface area contributed by atoms with E-state index in [1.807, 2.05) is 42.5 Å². The van der Waals surface area contributed by atoms with Crippen molar-refractivity contribution in [3.05, 3.63) is 48.0 Å². The lowest BCUT2D eigenvalue weighted by Crippen LogP contribution is -2.56. The number of carbonyl (C=O) groups is 1. The number of benzene rings is 2. The minimum absolute atomic E-state index is 0.0508. The molecule has 1 saturated heterocycles. The van der Waals surface area contributed by atoms with Crippen LogP contribution in [0.3, 0.4) is 0 Å². The predicted molar refractivity (Wildman–Crippen MR) is 120 cm³/mol. The van der Waals surface area contributed by atoms with E-state index in [0.717, 1.165) is 54.2 Å². The summed E-state index contributed by atoms with van der Waals surface area (Å²) in [5.74, 6) is 2.24. The first-order valence-corrected chi connectivity index (χ1v) is 11.4. The Morgan fingerprint density at radius 1 is 1.16 bits per heavy atom. The Morgan fingerprint density at radius 3 is 2.78 bits per heavy atom. The summed E-state index contributed by atoms with van der Waals surface area (Å²) in [6.07, 6.45) is 4.62. The van der Waals surface area contributed by atoms with Gasteiger partial charge in [0.05, 0.1) is 19.3 Å². The van der Waals surface area contributed by atoms with Gasteiger partial charge in [-0.3, -0.25) is 9.69 Å². The van der Waals surface area contributed by atoms with Gasteiger partial charge >= 0.3 is 0 Å². The number of hydrogen-bond acceptors (Lipinski definition) is 6. The zero-order valence-electron chi connectivity index (χ0n) is 18.4. The Balaban J connectivity index is 1.38. The first kappa shape index (κ1) is 21.1. The van der Waals surface area contributed by atoms with Gasteiger partial charge in [0.1, 0.15) is 5.75 Å². The van der Waals surface area contributed by atoms with Crippen molar-refractivity contribution < 1.29 is 24.1 Å². The van der Waals surface area contributed by atoms with Crippen molar-refractivity contribution in [2.24, 2.45) is 5.92 Å². The molecule has 2 aliphatic heterocycles. The predicted octanol–water partition coefficient (Wildman–Crippen LogP) is 3.73. The zero-order chi connectivity index (χ0) is 22.1. The third-order valence-corrected chi connectivity index (χ3v) is 7.13. The first-order chi connectivity index (χ1) is 15.6. The molecule has 2 unspecified atom stereocenters. The van der Waals surface area contributed by atoms with Crippen LogP contribution in [0, 0.1) is 5.92 Å². The molecule has 32 heavy (non-hydrogen) atoms. The van der Waals surface area contributed by atoms with Gasteiger partial charge in [-0.05, 0) is 61.2 Å². The van der Waals surface area contributed by atoms with Crippen LogP contribution in [-0.4, -0.2) is 48.5 Å². The minimum atomic E-state index is -0.678. The average molecular weight is 439 g/mol. The maximum Gasteiger partial charge on any atom is 0.238 e. The lowest BCUT2D eigenvalue weighted by atomic mass is 9.66. The van der Waals surface area contributed by atoms with Crippen molar-refractivity contribution in [3.63, 3.8) is 0 Å². The number of ether oxygens (including phenoxy) is 3. The molecule has 2 heterocycles. The zero-order valence-corrected chi connectivity index (χ0v) is 18.4. The number of nitrogens with zero attached hydrogens (tertiary/aromatic N) is 1. The summed E-state index contributed by atoms with van der Waals surface area (Å²) in [7, 11) is 1.62. The summed E-state index contributed by atoms with van der Waals surface area (Å²) < 4.78 is 16.3. The van der Waals surface area contributed by atoms with Gasteiger partial charge in [0, 0.05) is 24.2 Å². The van der Waals surface area contributed by atoms with E-state index in [1.165, 1.54) is 0 Å². The van der Waals surface area contributed by atoms with E-state index in [-0.39, 0.29) is 31.2 Å². The molecule has 5 rings (SSSR count). The van der Waals surface area contributed by atoms with Crippen LogP contribution in [0.1, 0.15) is 43.7 Å². The molecule has 0 radical (unpaired) electrons. The van der Waals surface area contributed by atoms with E-state index in [4.69, 9.17) is 14.2 Å². The Labute approximate surface area is 188 Å². The third-order valence-electron chi connectivity index (χ3n) is 7.13. The van der Waals surface area contributed by atoms with Crippen molar-refractivity contribution in [2.75, 3.05) is 32.3 Å². The van der Waals surface area contributed by atoms with E-state index in [2.05, 4.69) is 10.2 Å². The molecule has 1 amide bonds. The summed E-state index contributed by atoms with van der Waals surface area (Å²) in [4.78, 5) is 15.2. The standard InChI is InChI=1S/C25H30N2O5/c1-30-19-8-6-18(7-9-19)26-23(28)15-27-13-12-25(29)11-3-2-4-20(25)24(27)17-5-10-21-22(14-17)32-16-31-21/h5-10,14,20,24,29H,2-4,11-13,15-16H2,1H3,(H,26,28)/t20?,24-,25?/m0/s1. The summed E-state index contributed by atoms with van der Waals surface area (Å²) in [6.45, 7) is 1.16. The normalized spacial score (nSPS) is 26.9. The molecule has 2 aromatic rings. The number of amides is 1. The number of aliphatic hydroxyl groups is 1. The highest BCUT2D eigenvalue weighted by atomic mass is 16.7. The van der Waals surface area contributed by atoms with Crippen LogP contribution < -0.4 is 19.5 Å². The number of carbonyl (C=O) groups excluding carboxylic acids is 1. The Morgan fingerprint density at radius 2 is 1.97 bits per heavy atom. The lowest BCUT2D eigenvalue weighted by molar-refractivity contribution is -0.135. The summed E-state index contributed by atoms with van der Waals surface area (Å²) in [5, 5.41) is 14.5. The average Bonchev–Trinajstić information content (AvgIpc) is 3.27. The molecule has 7 heteroatoms. The van der Waals surface area contributed by atoms with Crippen LogP contribution in [-0.2, 0) is 4.79 Å². The molecular weight excluding hydrogens is 408 g/mol. The number of rotatable bonds is 5. The molecule has 0 spiro atoms. The molecule has 2 N–H and O–H groups in total. The van der Waals surface area contributed by atoms with Gasteiger partial charge < -0.3 is 24.6 Å². The molecule has 3 aliphatic rings. The van der Waals surface area contributed by atoms with Crippen molar-refractivity contribution in [1.29, 1.82) is 0 Å². The number of anilines is 1. The smallest absolute Gasteiger partial charge is 0.238 e. The van der Waals surface area contributed by atoms with Gasteiger partial charge in [-0.15, -0.1) is 0 Å². The molecule has 1 saturated carbocycles. The van der Waals surface area contributed by atoms with Gasteiger partial charge in [0.15, 0.2) is 11.5 Å². The van der Waals surface area contributed by atoms with Gasteiger partial charge in [-0.25, -0.2) is 0 Å². The molecule has 170 valence electrons. The molecule has 0 aromatic heterocycles. The molecule has 1 aliphatic carbocycles. The maximum absolute atomic E-state index is 12.9. The fourth-order valence-electron chi connectivity index (χ4n) is 5.52. The number of fused-ring (bicyclic) bond motifs is 2. The van der Waals surface area contributed by atoms with Gasteiger partial charge in [0.25, 0.3) is 0 Å². The second-order valence-corrected chi connectivity index (χ2v) is 9.01. The van der Waals surface area contributed by atoms with E-state index in [9.17, 15) is 9.90 Å². The van der Waals surface area contributed by atoms with E-state index >= 15 is 0 Å². The van der Waals surface area contributed by atoms with Gasteiger partial charge in [0.2, 0.25) is 12.7 Å². The van der Waals surface area contributed by atoms with Crippen molar-refractivity contribution >= 4 is 11.6 Å². The highest BCUT2D eigenvalue weighted by Gasteiger charge is 2.49. The van der Waals surface area contributed by atoms with E-state index < -0.39 is 5.60 Å². The highest BCUT2D eigenvalue weighted by molar-refractivity contribution is 5.92. The van der Waals surface area contributed by atoms with E-state index in [1.54, 1.807) is 7.11 Å². The molecule has 3 atom stereocenters. The summed E-state index contributed by atoms with van der Waals surface area (Å²) in [6, 6.07) is 13.3. The molecular formula is C25H30N2O5. The van der Waals surface area contributed by atoms with Crippen molar-refractivity contribution in [2.45, 2.75) is 43.7 Å². The monoisotopic (exact) mass is 438 g/mol. The van der Waals surface area contributed by atoms with Crippen LogP contribution in [0.2, 0.25) is 0 Å². The van der Waals surface area contributed by atoms with Crippen molar-refractivity contribution in [3.8, 4) is 17.2 Å². The molecule has 2 aromatic carbocycles. The molecule has 0 bridgehead atoms. The van der Waals surface area contributed by atoms with E-state index in [0.29, 0.717) is 13.0 Å². The molecule has 7 nitrogen and oxygen atoms in total. The minimum Gasteiger partial charge on any atom is -0.497 e. The first-order valence-electron chi connectivity index (χ1n) is 11.4.